The molecular formula is C86H100O10. The number of ketones is 4. The number of benzene rings is 6. The van der Waals surface area contributed by atoms with Crippen molar-refractivity contribution in [3.8, 4) is 34.5 Å². The number of ether oxygens (including phenoxy) is 6. The summed E-state index contributed by atoms with van der Waals surface area (Å²) in [7, 11) is 3.57. The summed E-state index contributed by atoms with van der Waals surface area (Å²) in [5, 5.41) is 0. The second-order valence-electron chi connectivity index (χ2n) is 33.6. The molecule has 0 N–H and O–H groups in total. The van der Waals surface area contributed by atoms with Crippen molar-refractivity contribution in [3.63, 3.8) is 0 Å². The summed E-state index contributed by atoms with van der Waals surface area (Å²) in [5.74, 6) is 2.93. The molecule has 96 heavy (non-hydrogen) atoms. The summed E-state index contributed by atoms with van der Waals surface area (Å²) in [6.45, 7) is 40.1. The van der Waals surface area contributed by atoms with Crippen LogP contribution < -0.4 is 28.4 Å². The third kappa shape index (κ3) is 14.6. The number of rotatable bonds is 2. The van der Waals surface area contributed by atoms with Crippen LogP contribution in [-0.4, -0.2) is 63.8 Å². The first-order chi connectivity index (χ1) is 44.8. The molecule has 0 amide bonds. The van der Waals surface area contributed by atoms with Gasteiger partial charge < -0.3 is 28.4 Å². The number of hydrogen-bond donors (Lipinski definition) is 0. The minimum Gasteiger partial charge on any atom is -0.496 e. The van der Waals surface area contributed by atoms with Crippen molar-refractivity contribution in [1.29, 1.82) is 0 Å². The van der Waals surface area contributed by atoms with Crippen molar-refractivity contribution in [1.82, 2.24) is 0 Å². The molecule has 0 spiro atoms. The van der Waals surface area contributed by atoms with Crippen LogP contribution in [0.5, 0.6) is 34.5 Å². The zero-order chi connectivity index (χ0) is 69.5. The van der Waals surface area contributed by atoms with E-state index in [0.29, 0.717) is 81.7 Å². The van der Waals surface area contributed by atoms with E-state index in [1.54, 1.807) is 14.2 Å². The lowest BCUT2D eigenvalue weighted by atomic mass is 9.79. The smallest absolute Gasteiger partial charge is 0.185 e. The minimum absolute atomic E-state index is 0.0507. The molecule has 0 radical (unpaired) electrons. The van der Waals surface area contributed by atoms with Gasteiger partial charge in [0.25, 0.3) is 0 Å². The van der Waals surface area contributed by atoms with Crippen LogP contribution in [0.1, 0.15) is 225 Å². The average Bonchev–Trinajstić information content (AvgIpc) is 0.773. The molecule has 6 aliphatic rings. The molecule has 6 aromatic carbocycles. The molecule has 10 heteroatoms. The second-order valence-corrected chi connectivity index (χ2v) is 33.6. The summed E-state index contributed by atoms with van der Waals surface area (Å²) in [6, 6.07) is 26.8. The first kappa shape index (κ1) is 69.1. The Bertz CT molecular complexity index is 3840. The van der Waals surface area contributed by atoms with Gasteiger partial charge in [-0.2, -0.15) is 0 Å². The van der Waals surface area contributed by atoms with Gasteiger partial charge >= 0.3 is 0 Å². The van der Waals surface area contributed by atoms with E-state index in [1.165, 1.54) is 35.4 Å². The van der Waals surface area contributed by atoms with E-state index >= 15 is 9.59 Å². The van der Waals surface area contributed by atoms with E-state index in [0.717, 1.165) is 89.8 Å². The van der Waals surface area contributed by atoms with Crippen molar-refractivity contribution in [2.24, 2.45) is 0 Å². The van der Waals surface area contributed by atoms with Gasteiger partial charge in [0.2, 0.25) is 0 Å². The number of carbonyl (C=O) groups is 4. The Kier molecular flexibility index (Phi) is 18.5. The van der Waals surface area contributed by atoms with Gasteiger partial charge in [-0.3, -0.25) is 19.2 Å². The maximum Gasteiger partial charge on any atom is 0.185 e. The number of carbonyl (C=O) groups excluding carboxylic acids is 4. The summed E-state index contributed by atoms with van der Waals surface area (Å²) >= 11 is 0. The normalized spacial score (nSPS) is 16.7. The van der Waals surface area contributed by atoms with Gasteiger partial charge in [-0.15, -0.1) is 0 Å². The first-order valence-corrected chi connectivity index (χ1v) is 34.4. The standard InChI is InChI=1S/C86H100O10/c1-81(2,3)65-33-53-29-61-41-69(85(13,14)15)43-63-31-55-35-66(82(4,5)6)36-56(76(55)92-20)32-64-44-70(86(16,17)18)42-62(30-54(34-65)75(53)91-19)80(64)96-24-22-94-78-59-27-51-47-71(87)45-49(73(51)89)25-57-37-67(83(7,8)9)38-58(77(57)93-21-23-95-79(61)63)26-50-46-72(88)48-52(74(50)90)28-60(78)40-68(39-59)84(10,11)12/h33-48H,21-32H2,1-20H3. The number of methoxy groups -OCH3 is 2. The monoisotopic (exact) mass is 1290 g/mol. The summed E-state index contributed by atoms with van der Waals surface area (Å²) in [6.07, 6.45) is 7.88. The van der Waals surface area contributed by atoms with E-state index in [1.807, 2.05) is 0 Å². The third-order valence-electron chi connectivity index (χ3n) is 19.7. The van der Waals surface area contributed by atoms with Crippen LogP contribution in [-0.2, 0) is 103 Å². The maximum atomic E-state index is 15.4. The van der Waals surface area contributed by atoms with Crippen LogP contribution in [0.4, 0.5) is 0 Å². The molecule has 0 fully saturated rings. The highest BCUT2D eigenvalue weighted by molar-refractivity contribution is 6.21. The summed E-state index contributed by atoms with van der Waals surface area (Å²) in [5.41, 5.74) is 16.7. The fraction of sp³-hybridized carbons (Fsp3) is 0.442. The molecule has 4 aliphatic carbocycles. The highest BCUT2D eigenvalue weighted by atomic mass is 16.5. The predicted octanol–water partition coefficient (Wildman–Crippen LogP) is 17.3. The topological polar surface area (TPSA) is 124 Å². The first-order valence-electron chi connectivity index (χ1n) is 34.4. The Labute approximate surface area is 571 Å². The largest absolute Gasteiger partial charge is 0.496 e. The van der Waals surface area contributed by atoms with Crippen LogP contribution in [0.3, 0.4) is 0 Å². The molecular weight excluding hydrogens is 1190 g/mol. The Balaban J connectivity index is 1.23. The van der Waals surface area contributed by atoms with Crippen LogP contribution in [0.25, 0.3) is 0 Å². The molecule has 0 saturated carbocycles. The zero-order valence-corrected chi connectivity index (χ0v) is 60.8. The molecule has 12 rings (SSSR count). The van der Waals surface area contributed by atoms with Gasteiger partial charge in [0, 0.05) is 73.7 Å². The van der Waals surface area contributed by atoms with Crippen molar-refractivity contribution >= 4 is 23.1 Å². The van der Waals surface area contributed by atoms with Gasteiger partial charge in [0.15, 0.2) is 23.1 Å². The van der Waals surface area contributed by atoms with Crippen LogP contribution in [0.2, 0.25) is 0 Å². The van der Waals surface area contributed by atoms with Crippen molar-refractivity contribution < 1.29 is 47.6 Å². The lowest BCUT2D eigenvalue weighted by molar-refractivity contribution is -0.115. The molecule has 2 aliphatic heterocycles. The number of allylic oxidation sites excluding steroid dienone is 8. The van der Waals surface area contributed by atoms with E-state index in [4.69, 9.17) is 28.4 Å². The van der Waals surface area contributed by atoms with E-state index in [-0.39, 0.29) is 96.9 Å². The van der Waals surface area contributed by atoms with Crippen molar-refractivity contribution in [3.05, 3.63) is 220 Å². The lowest BCUT2D eigenvalue weighted by Crippen LogP contribution is -2.23. The van der Waals surface area contributed by atoms with Gasteiger partial charge in [0.1, 0.15) is 60.9 Å². The highest BCUT2D eigenvalue weighted by Gasteiger charge is 2.35. The third-order valence-corrected chi connectivity index (χ3v) is 19.7. The molecule has 0 unspecified atom stereocenters. The molecule has 504 valence electrons. The Morgan fingerprint density at radius 1 is 0.260 bits per heavy atom. The van der Waals surface area contributed by atoms with Crippen LogP contribution in [0.15, 0.2) is 119 Å². The molecule has 0 saturated heterocycles. The molecule has 2 heterocycles. The number of fused-ring (bicyclic) bond motifs is 8. The fourth-order valence-electron chi connectivity index (χ4n) is 14.2. The molecule has 0 atom stereocenters. The Morgan fingerprint density at radius 2 is 0.427 bits per heavy atom. The van der Waals surface area contributed by atoms with Gasteiger partial charge in [0.05, 0.1) is 14.2 Å². The summed E-state index contributed by atoms with van der Waals surface area (Å²) < 4.78 is 42.6. The van der Waals surface area contributed by atoms with Gasteiger partial charge in [-0.1, -0.05) is 197 Å². The second kappa shape index (κ2) is 25.6. The Hall–Kier alpha value is -8.24. The van der Waals surface area contributed by atoms with Gasteiger partial charge in [-0.05, 0) is 157 Å². The predicted molar refractivity (Wildman–Crippen MR) is 384 cm³/mol. The molecule has 20 bridgehead atoms. The van der Waals surface area contributed by atoms with Crippen LogP contribution >= 0.6 is 0 Å². The average molecular weight is 1290 g/mol. The van der Waals surface area contributed by atoms with Crippen LogP contribution in [0, 0.1) is 0 Å². The van der Waals surface area contributed by atoms with E-state index in [9.17, 15) is 9.59 Å². The fourth-order valence-corrected chi connectivity index (χ4v) is 14.2. The molecule has 6 aromatic rings. The van der Waals surface area contributed by atoms with E-state index < -0.39 is 10.8 Å². The van der Waals surface area contributed by atoms with E-state index in [2.05, 4.69) is 197 Å². The quantitative estimate of drug-likeness (QED) is 0.155. The summed E-state index contributed by atoms with van der Waals surface area (Å²) in [4.78, 5) is 59.3. The minimum atomic E-state index is -0.408. The van der Waals surface area contributed by atoms with Gasteiger partial charge in [-0.25, -0.2) is 0 Å². The van der Waals surface area contributed by atoms with Crippen molar-refractivity contribution in [2.45, 2.75) is 208 Å². The zero-order valence-electron chi connectivity index (χ0n) is 60.8. The molecule has 0 aromatic heterocycles. The number of hydrogen-bond acceptors (Lipinski definition) is 10. The Morgan fingerprint density at radius 3 is 0.594 bits per heavy atom. The molecule has 10 nitrogen and oxygen atoms in total. The SMILES string of the molecule is COc1c2cc(C(C)(C)C)cc1Cc1cc(C(C)(C)C)cc3c1OCCOc1c4cc(C(C)(C)C)cc1CC1=CC(=O)C=C(Cc5cc(C(C)(C)C)cc(c5OCCOc5c(cc(C(C)(C)C)cc5Cc5cc(C(C)(C)C)cc(c5OC)C3)C2)CC2=CC(=O)C=C(C4)C2=O)C1=O. The van der Waals surface area contributed by atoms with Crippen molar-refractivity contribution in [2.75, 3.05) is 40.6 Å². The lowest BCUT2D eigenvalue weighted by Gasteiger charge is -2.29. The highest BCUT2D eigenvalue weighted by Crippen LogP contribution is 2.46. The maximum absolute atomic E-state index is 15.4. The number of Topliss-reactive ketones (excluding diaryl/α,β-unsaturated/α-hetero) is 2.